The summed E-state index contributed by atoms with van der Waals surface area (Å²) in [5, 5.41) is 3.41. The van der Waals surface area contributed by atoms with Gasteiger partial charge in [-0.1, -0.05) is 12.1 Å². The molecule has 0 bridgehead atoms. The fraction of sp³-hybridized carbons (Fsp3) is 0.455. The molecule has 0 saturated carbocycles. The maximum absolute atomic E-state index is 5.46. The van der Waals surface area contributed by atoms with Crippen LogP contribution in [0.3, 0.4) is 0 Å². The second kappa shape index (κ2) is 2.74. The van der Waals surface area contributed by atoms with Crippen LogP contribution >= 0.6 is 0 Å². The largest absolute Gasteiger partial charge is 0.493 e. The Balaban J connectivity index is 1.95. The number of hydrogen-bond acceptors (Lipinski definition) is 2. The van der Waals surface area contributed by atoms with Crippen LogP contribution in [0.1, 0.15) is 23.6 Å². The van der Waals surface area contributed by atoms with Crippen LogP contribution in [0.5, 0.6) is 5.75 Å². The van der Waals surface area contributed by atoms with Gasteiger partial charge in [0.2, 0.25) is 0 Å². The molecule has 2 aliphatic rings. The van der Waals surface area contributed by atoms with Crippen LogP contribution in [0.25, 0.3) is 0 Å². The molecule has 68 valence electrons. The molecule has 2 aliphatic heterocycles. The number of fused-ring (bicyclic) bond motifs is 1. The van der Waals surface area contributed by atoms with E-state index in [1.54, 1.807) is 0 Å². The maximum Gasteiger partial charge on any atom is 0.122 e. The van der Waals surface area contributed by atoms with E-state index in [4.69, 9.17) is 4.74 Å². The molecule has 0 spiro atoms. The van der Waals surface area contributed by atoms with Gasteiger partial charge in [-0.15, -0.1) is 0 Å². The summed E-state index contributed by atoms with van der Waals surface area (Å²) < 4.78 is 5.46. The predicted octanol–water partition coefficient (Wildman–Crippen LogP) is 1.66. The third-order valence-electron chi connectivity index (χ3n) is 2.94. The number of rotatable bonds is 1. The zero-order valence-electron chi connectivity index (χ0n) is 7.55. The van der Waals surface area contributed by atoms with Gasteiger partial charge in [0.05, 0.1) is 6.61 Å². The summed E-state index contributed by atoms with van der Waals surface area (Å²) in [5.41, 5.74) is 2.81. The molecule has 3 rings (SSSR count). The minimum Gasteiger partial charge on any atom is -0.493 e. The Morgan fingerprint density at radius 1 is 1.38 bits per heavy atom. The van der Waals surface area contributed by atoms with E-state index < -0.39 is 0 Å². The van der Waals surface area contributed by atoms with E-state index in [0.29, 0.717) is 6.04 Å². The van der Waals surface area contributed by atoms with Gasteiger partial charge >= 0.3 is 0 Å². The van der Waals surface area contributed by atoms with Gasteiger partial charge in [-0.25, -0.2) is 0 Å². The van der Waals surface area contributed by atoms with Crippen molar-refractivity contribution in [1.82, 2.24) is 5.32 Å². The minimum absolute atomic E-state index is 0.603. The van der Waals surface area contributed by atoms with Gasteiger partial charge in [-0.2, -0.15) is 0 Å². The lowest BCUT2D eigenvalue weighted by Gasteiger charge is -2.28. The Labute approximate surface area is 77.9 Å². The minimum atomic E-state index is 0.603. The zero-order chi connectivity index (χ0) is 8.67. The van der Waals surface area contributed by atoms with Crippen LogP contribution in [0.4, 0.5) is 0 Å². The van der Waals surface area contributed by atoms with Gasteiger partial charge in [-0.05, 0) is 30.2 Å². The summed E-state index contributed by atoms with van der Waals surface area (Å²) in [6.07, 6.45) is 2.36. The van der Waals surface area contributed by atoms with E-state index in [0.717, 1.165) is 25.3 Å². The molecule has 0 amide bonds. The van der Waals surface area contributed by atoms with Crippen molar-refractivity contribution in [3.8, 4) is 5.75 Å². The first-order valence-electron chi connectivity index (χ1n) is 4.92. The Kier molecular flexibility index (Phi) is 1.56. The van der Waals surface area contributed by atoms with Crippen molar-refractivity contribution in [2.45, 2.75) is 18.9 Å². The molecule has 2 nitrogen and oxygen atoms in total. The molecule has 13 heavy (non-hydrogen) atoms. The standard InChI is InChI=1S/C11H13NO/c1-2-11-9(4-6-13-11)7-8(1)10-3-5-12-10/h1-2,7,10,12H,3-6H2/t10-/m0/s1. The fourth-order valence-corrected chi connectivity index (χ4v) is 2.00. The Morgan fingerprint density at radius 2 is 2.31 bits per heavy atom. The molecule has 1 aromatic rings. The number of nitrogens with one attached hydrogen (secondary N) is 1. The van der Waals surface area contributed by atoms with Gasteiger partial charge in [0.15, 0.2) is 0 Å². The second-order valence-electron chi connectivity index (χ2n) is 3.76. The molecule has 0 unspecified atom stereocenters. The van der Waals surface area contributed by atoms with Crippen molar-refractivity contribution < 1.29 is 4.74 Å². The van der Waals surface area contributed by atoms with Crippen LogP contribution in [-0.4, -0.2) is 13.2 Å². The highest BCUT2D eigenvalue weighted by Crippen LogP contribution is 2.30. The highest BCUT2D eigenvalue weighted by Gasteiger charge is 2.20. The predicted molar refractivity (Wildman–Crippen MR) is 51.0 cm³/mol. The molecule has 0 radical (unpaired) electrons. The van der Waals surface area contributed by atoms with Gasteiger partial charge in [0, 0.05) is 12.5 Å². The highest BCUT2D eigenvalue weighted by molar-refractivity contribution is 5.41. The van der Waals surface area contributed by atoms with Crippen molar-refractivity contribution in [2.75, 3.05) is 13.2 Å². The van der Waals surface area contributed by atoms with Crippen molar-refractivity contribution in [3.05, 3.63) is 29.3 Å². The van der Waals surface area contributed by atoms with Gasteiger partial charge < -0.3 is 10.1 Å². The van der Waals surface area contributed by atoms with E-state index in [9.17, 15) is 0 Å². The van der Waals surface area contributed by atoms with Crippen LogP contribution in [-0.2, 0) is 6.42 Å². The quantitative estimate of drug-likeness (QED) is 0.700. The monoisotopic (exact) mass is 175 g/mol. The van der Waals surface area contributed by atoms with E-state index in [1.165, 1.54) is 17.5 Å². The summed E-state index contributed by atoms with van der Waals surface area (Å²) in [7, 11) is 0. The van der Waals surface area contributed by atoms with Crippen molar-refractivity contribution in [3.63, 3.8) is 0 Å². The third kappa shape index (κ3) is 1.13. The smallest absolute Gasteiger partial charge is 0.122 e. The Bertz CT molecular complexity index is 331. The summed E-state index contributed by atoms with van der Waals surface area (Å²) in [6, 6.07) is 7.18. The van der Waals surface area contributed by atoms with Crippen molar-refractivity contribution >= 4 is 0 Å². The third-order valence-corrected chi connectivity index (χ3v) is 2.94. The van der Waals surface area contributed by atoms with Crippen LogP contribution < -0.4 is 10.1 Å². The molecule has 1 fully saturated rings. The lowest BCUT2D eigenvalue weighted by molar-refractivity contribution is 0.356. The summed E-state index contributed by atoms with van der Waals surface area (Å²) in [6.45, 7) is 2.02. The molecule has 1 saturated heterocycles. The molecule has 2 heteroatoms. The normalized spacial score (nSPS) is 24.8. The highest BCUT2D eigenvalue weighted by atomic mass is 16.5. The van der Waals surface area contributed by atoms with E-state index in [1.807, 2.05) is 0 Å². The molecule has 0 aromatic heterocycles. The summed E-state index contributed by atoms with van der Waals surface area (Å²) in [5.74, 6) is 1.09. The van der Waals surface area contributed by atoms with Crippen molar-refractivity contribution in [1.29, 1.82) is 0 Å². The van der Waals surface area contributed by atoms with Gasteiger partial charge in [0.1, 0.15) is 5.75 Å². The average molecular weight is 175 g/mol. The van der Waals surface area contributed by atoms with E-state index in [2.05, 4.69) is 23.5 Å². The number of hydrogen-bond donors (Lipinski definition) is 1. The van der Waals surface area contributed by atoms with Gasteiger partial charge in [-0.3, -0.25) is 0 Å². The fourth-order valence-electron chi connectivity index (χ4n) is 2.00. The summed E-state index contributed by atoms with van der Waals surface area (Å²) in [4.78, 5) is 0. The first-order chi connectivity index (χ1) is 6.43. The molecular weight excluding hydrogens is 162 g/mol. The number of ether oxygens (including phenoxy) is 1. The van der Waals surface area contributed by atoms with E-state index in [-0.39, 0.29) is 0 Å². The SMILES string of the molecule is c1cc2c(cc1[C@@H]1CCN1)CCO2. The lowest BCUT2D eigenvalue weighted by atomic mass is 9.96. The van der Waals surface area contributed by atoms with Gasteiger partial charge in [0.25, 0.3) is 0 Å². The topological polar surface area (TPSA) is 21.3 Å². The first-order valence-corrected chi connectivity index (χ1v) is 4.92. The number of benzene rings is 1. The summed E-state index contributed by atoms with van der Waals surface area (Å²) >= 11 is 0. The van der Waals surface area contributed by atoms with E-state index >= 15 is 0 Å². The molecule has 1 aromatic carbocycles. The molecule has 2 heterocycles. The van der Waals surface area contributed by atoms with Crippen LogP contribution in [0.15, 0.2) is 18.2 Å². The molecular formula is C11H13NO. The lowest BCUT2D eigenvalue weighted by Crippen LogP contribution is -2.34. The van der Waals surface area contributed by atoms with Crippen LogP contribution in [0.2, 0.25) is 0 Å². The van der Waals surface area contributed by atoms with Crippen molar-refractivity contribution in [2.24, 2.45) is 0 Å². The average Bonchev–Trinajstić information content (AvgIpc) is 2.47. The second-order valence-corrected chi connectivity index (χ2v) is 3.76. The Hall–Kier alpha value is -1.02. The zero-order valence-corrected chi connectivity index (χ0v) is 7.55. The molecule has 1 N–H and O–H groups in total. The first kappa shape index (κ1) is 7.39. The van der Waals surface area contributed by atoms with Crippen LogP contribution in [0, 0.1) is 0 Å². The molecule has 1 atom stereocenters. The molecule has 0 aliphatic carbocycles. The maximum atomic E-state index is 5.46. The Morgan fingerprint density at radius 3 is 3.08 bits per heavy atom.